The highest BCUT2D eigenvalue weighted by Gasteiger charge is 2.28. The number of hydrogen-bond acceptors (Lipinski definition) is 1. The van der Waals surface area contributed by atoms with Crippen LogP contribution in [0.3, 0.4) is 0 Å². The molecular formula is C11H21N. The Morgan fingerprint density at radius 1 is 0.917 bits per heavy atom. The van der Waals surface area contributed by atoms with Gasteiger partial charge in [0.25, 0.3) is 0 Å². The van der Waals surface area contributed by atoms with Gasteiger partial charge in [0.15, 0.2) is 0 Å². The summed E-state index contributed by atoms with van der Waals surface area (Å²) in [6.07, 6.45) is 10.3. The summed E-state index contributed by atoms with van der Waals surface area (Å²) in [5.41, 5.74) is 0. The Hall–Kier alpha value is -0.0400. The molecule has 2 aliphatic rings. The Kier molecular flexibility index (Phi) is 2.69. The molecule has 0 spiro atoms. The molecular weight excluding hydrogens is 146 g/mol. The van der Waals surface area contributed by atoms with Gasteiger partial charge in [0, 0.05) is 12.1 Å². The number of fused-ring (bicyclic) bond motifs is 1. The molecule has 0 radical (unpaired) electrons. The summed E-state index contributed by atoms with van der Waals surface area (Å²) < 4.78 is 0. The first-order valence-electron chi connectivity index (χ1n) is 5.63. The fraction of sp³-hybridized carbons (Fsp3) is 1.00. The molecule has 70 valence electrons. The first kappa shape index (κ1) is 8.55. The van der Waals surface area contributed by atoms with E-state index >= 15 is 0 Å². The lowest BCUT2D eigenvalue weighted by Crippen LogP contribution is -2.38. The van der Waals surface area contributed by atoms with Crippen molar-refractivity contribution in [1.82, 2.24) is 4.90 Å². The molecule has 0 aromatic carbocycles. The topological polar surface area (TPSA) is 3.24 Å². The van der Waals surface area contributed by atoms with E-state index in [1.165, 1.54) is 51.5 Å². The van der Waals surface area contributed by atoms with Crippen LogP contribution in [-0.2, 0) is 0 Å². The number of hydrogen-bond donors (Lipinski definition) is 0. The fourth-order valence-electron chi connectivity index (χ4n) is 2.91. The van der Waals surface area contributed by atoms with E-state index in [2.05, 4.69) is 11.8 Å². The van der Waals surface area contributed by atoms with Crippen LogP contribution in [0.1, 0.15) is 51.9 Å². The third-order valence-corrected chi connectivity index (χ3v) is 3.65. The summed E-state index contributed by atoms with van der Waals surface area (Å²) in [4.78, 5) is 2.76. The van der Waals surface area contributed by atoms with Crippen LogP contribution in [0.4, 0.5) is 0 Å². The van der Waals surface area contributed by atoms with E-state index in [0.29, 0.717) is 0 Å². The number of rotatable bonds is 0. The van der Waals surface area contributed by atoms with Crippen molar-refractivity contribution in [3.8, 4) is 0 Å². The van der Waals surface area contributed by atoms with Crippen LogP contribution in [0.2, 0.25) is 0 Å². The van der Waals surface area contributed by atoms with E-state index in [1.807, 2.05) is 0 Å². The summed E-state index contributed by atoms with van der Waals surface area (Å²) in [7, 11) is 0. The maximum Gasteiger partial charge on any atom is 0.00985 e. The summed E-state index contributed by atoms with van der Waals surface area (Å²) in [6.45, 7) is 3.80. The Balaban J connectivity index is 1.98. The van der Waals surface area contributed by atoms with Gasteiger partial charge in [0.1, 0.15) is 0 Å². The summed E-state index contributed by atoms with van der Waals surface area (Å²) in [5, 5.41) is 0. The molecule has 0 unspecified atom stereocenters. The van der Waals surface area contributed by atoms with Crippen molar-refractivity contribution in [3.05, 3.63) is 0 Å². The minimum Gasteiger partial charge on any atom is -0.298 e. The van der Waals surface area contributed by atoms with Gasteiger partial charge in [-0.3, -0.25) is 4.90 Å². The van der Waals surface area contributed by atoms with Crippen LogP contribution >= 0.6 is 0 Å². The molecule has 0 aromatic heterocycles. The molecule has 0 amide bonds. The van der Waals surface area contributed by atoms with Crippen molar-refractivity contribution in [1.29, 1.82) is 0 Å². The lowest BCUT2D eigenvalue weighted by molar-refractivity contribution is 0.158. The number of nitrogens with zero attached hydrogens (tertiary/aromatic N) is 1. The zero-order valence-corrected chi connectivity index (χ0v) is 8.26. The molecule has 1 nitrogen and oxygen atoms in total. The third kappa shape index (κ3) is 1.66. The Morgan fingerprint density at radius 3 is 2.58 bits per heavy atom. The monoisotopic (exact) mass is 167 g/mol. The molecule has 0 bridgehead atoms. The molecule has 2 saturated heterocycles. The second-order valence-corrected chi connectivity index (χ2v) is 4.52. The fourth-order valence-corrected chi connectivity index (χ4v) is 2.91. The van der Waals surface area contributed by atoms with Gasteiger partial charge in [-0.05, 0) is 39.2 Å². The molecule has 0 aromatic rings. The Labute approximate surface area is 76.1 Å². The standard InChI is InChI=1S/C11H21N/c1-10-6-3-2-4-7-11-8-5-9-12(10)11/h10-11H,2-9H2,1H3/t10-,11-/m0/s1. The predicted octanol–water partition coefficient (Wildman–Crippen LogP) is 2.80. The van der Waals surface area contributed by atoms with E-state index in [-0.39, 0.29) is 0 Å². The van der Waals surface area contributed by atoms with E-state index < -0.39 is 0 Å². The third-order valence-electron chi connectivity index (χ3n) is 3.65. The zero-order valence-electron chi connectivity index (χ0n) is 8.26. The molecule has 0 saturated carbocycles. The van der Waals surface area contributed by atoms with E-state index in [1.54, 1.807) is 0 Å². The average Bonchev–Trinajstić information content (AvgIpc) is 2.47. The van der Waals surface area contributed by atoms with Gasteiger partial charge in [0.2, 0.25) is 0 Å². The molecule has 1 heteroatoms. The molecule has 0 aliphatic carbocycles. The largest absolute Gasteiger partial charge is 0.298 e. The summed E-state index contributed by atoms with van der Waals surface area (Å²) >= 11 is 0. The van der Waals surface area contributed by atoms with E-state index in [0.717, 1.165) is 12.1 Å². The molecule has 2 rings (SSSR count). The average molecular weight is 167 g/mol. The van der Waals surface area contributed by atoms with Crippen molar-refractivity contribution in [2.45, 2.75) is 64.0 Å². The van der Waals surface area contributed by atoms with Gasteiger partial charge in [-0.2, -0.15) is 0 Å². The van der Waals surface area contributed by atoms with E-state index in [4.69, 9.17) is 0 Å². The Bertz CT molecular complexity index is 144. The van der Waals surface area contributed by atoms with Gasteiger partial charge in [-0.25, -0.2) is 0 Å². The normalized spacial score (nSPS) is 38.8. The van der Waals surface area contributed by atoms with Crippen LogP contribution < -0.4 is 0 Å². The minimum absolute atomic E-state index is 0.873. The molecule has 2 heterocycles. The van der Waals surface area contributed by atoms with E-state index in [9.17, 15) is 0 Å². The highest BCUT2D eigenvalue weighted by molar-refractivity contribution is 4.84. The van der Waals surface area contributed by atoms with Crippen LogP contribution in [0, 0.1) is 0 Å². The minimum atomic E-state index is 0.873. The molecule has 2 fully saturated rings. The van der Waals surface area contributed by atoms with Gasteiger partial charge >= 0.3 is 0 Å². The van der Waals surface area contributed by atoms with Crippen LogP contribution in [0.25, 0.3) is 0 Å². The predicted molar refractivity (Wildman–Crippen MR) is 52.3 cm³/mol. The van der Waals surface area contributed by atoms with Crippen molar-refractivity contribution in [3.63, 3.8) is 0 Å². The second-order valence-electron chi connectivity index (χ2n) is 4.52. The Morgan fingerprint density at radius 2 is 1.67 bits per heavy atom. The highest BCUT2D eigenvalue weighted by Crippen LogP contribution is 2.28. The molecule has 2 aliphatic heterocycles. The quantitative estimate of drug-likeness (QED) is 0.536. The van der Waals surface area contributed by atoms with Crippen LogP contribution in [0.15, 0.2) is 0 Å². The van der Waals surface area contributed by atoms with Crippen LogP contribution in [0.5, 0.6) is 0 Å². The van der Waals surface area contributed by atoms with Crippen molar-refractivity contribution >= 4 is 0 Å². The first-order valence-corrected chi connectivity index (χ1v) is 5.63. The van der Waals surface area contributed by atoms with Crippen molar-refractivity contribution in [2.75, 3.05) is 6.54 Å². The van der Waals surface area contributed by atoms with Gasteiger partial charge in [-0.1, -0.05) is 19.3 Å². The van der Waals surface area contributed by atoms with Crippen molar-refractivity contribution in [2.24, 2.45) is 0 Å². The lowest BCUT2D eigenvalue weighted by Gasteiger charge is -2.32. The lowest BCUT2D eigenvalue weighted by atomic mass is 9.99. The second kappa shape index (κ2) is 3.78. The van der Waals surface area contributed by atoms with Crippen LogP contribution in [-0.4, -0.2) is 23.5 Å². The summed E-state index contributed by atoms with van der Waals surface area (Å²) in [5.74, 6) is 0. The smallest absolute Gasteiger partial charge is 0.00985 e. The maximum absolute atomic E-state index is 2.76. The van der Waals surface area contributed by atoms with Gasteiger partial charge in [0.05, 0.1) is 0 Å². The maximum atomic E-state index is 2.76. The SMILES string of the molecule is C[C@H]1CCCCC[C@H]2CCCN21. The summed E-state index contributed by atoms with van der Waals surface area (Å²) in [6, 6.07) is 1.83. The molecule has 2 atom stereocenters. The van der Waals surface area contributed by atoms with Gasteiger partial charge in [-0.15, -0.1) is 0 Å². The van der Waals surface area contributed by atoms with Gasteiger partial charge < -0.3 is 0 Å². The highest BCUT2D eigenvalue weighted by atomic mass is 15.2. The molecule has 12 heavy (non-hydrogen) atoms. The molecule has 0 N–H and O–H groups in total. The van der Waals surface area contributed by atoms with Crippen molar-refractivity contribution < 1.29 is 0 Å². The first-order chi connectivity index (χ1) is 5.88. The zero-order chi connectivity index (χ0) is 8.39.